The van der Waals surface area contributed by atoms with Crippen molar-refractivity contribution >= 4 is 0 Å². The van der Waals surface area contributed by atoms with Gasteiger partial charge in [0.15, 0.2) is 0 Å². The van der Waals surface area contributed by atoms with Crippen LogP contribution in [0, 0.1) is 0 Å². The number of ether oxygens (including phenoxy) is 1. The molecule has 0 amide bonds. The molecule has 1 unspecified atom stereocenters. The van der Waals surface area contributed by atoms with Crippen molar-refractivity contribution in [3.63, 3.8) is 0 Å². The van der Waals surface area contributed by atoms with Crippen molar-refractivity contribution in [2.45, 2.75) is 24.8 Å². The van der Waals surface area contributed by atoms with Gasteiger partial charge >= 0.3 is 0 Å². The van der Waals surface area contributed by atoms with Crippen LogP contribution in [0.4, 0.5) is 0 Å². The SMILES string of the molecule is CN(CCN1CCCC1)C1(CN)CCOC1. The molecule has 0 aromatic carbocycles. The van der Waals surface area contributed by atoms with Crippen molar-refractivity contribution in [1.82, 2.24) is 9.80 Å². The molecular formula is C12H25N3O. The lowest BCUT2D eigenvalue weighted by atomic mass is 9.97. The molecule has 4 heteroatoms. The van der Waals surface area contributed by atoms with Gasteiger partial charge in [0.2, 0.25) is 0 Å². The van der Waals surface area contributed by atoms with Crippen molar-refractivity contribution in [2.24, 2.45) is 5.73 Å². The van der Waals surface area contributed by atoms with Crippen LogP contribution in [0.25, 0.3) is 0 Å². The molecule has 2 fully saturated rings. The first kappa shape index (κ1) is 12.3. The van der Waals surface area contributed by atoms with Crippen molar-refractivity contribution in [3.05, 3.63) is 0 Å². The van der Waals surface area contributed by atoms with E-state index in [0.29, 0.717) is 6.54 Å². The minimum Gasteiger partial charge on any atom is -0.379 e. The molecule has 0 aromatic rings. The monoisotopic (exact) mass is 227 g/mol. The molecule has 0 aliphatic carbocycles. The van der Waals surface area contributed by atoms with Gasteiger partial charge in [-0.05, 0) is 39.4 Å². The Labute approximate surface area is 98.7 Å². The Morgan fingerprint density at radius 3 is 2.69 bits per heavy atom. The Morgan fingerprint density at radius 2 is 2.12 bits per heavy atom. The fourth-order valence-corrected chi connectivity index (χ4v) is 2.75. The van der Waals surface area contributed by atoms with Crippen molar-refractivity contribution in [3.8, 4) is 0 Å². The molecular weight excluding hydrogens is 202 g/mol. The lowest BCUT2D eigenvalue weighted by Gasteiger charge is -2.37. The van der Waals surface area contributed by atoms with Crippen LogP contribution < -0.4 is 5.73 Å². The zero-order valence-corrected chi connectivity index (χ0v) is 10.5. The fourth-order valence-electron chi connectivity index (χ4n) is 2.75. The summed E-state index contributed by atoms with van der Waals surface area (Å²) in [5.41, 5.74) is 6.03. The number of nitrogens with zero attached hydrogens (tertiary/aromatic N) is 2. The molecule has 16 heavy (non-hydrogen) atoms. The summed E-state index contributed by atoms with van der Waals surface area (Å²) >= 11 is 0. The van der Waals surface area contributed by atoms with E-state index in [0.717, 1.165) is 26.2 Å². The third-order valence-corrected chi connectivity index (χ3v) is 4.22. The molecule has 0 spiro atoms. The second-order valence-electron chi connectivity index (χ2n) is 5.20. The van der Waals surface area contributed by atoms with E-state index in [4.69, 9.17) is 10.5 Å². The molecule has 1 atom stereocenters. The van der Waals surface area contributed by atoms with Crippen molar-refractivity contribution < 1.29 is 4.74 Å². The number of rotatable bonds is 5. The summed E-state index contributed by atoms with van der Waals surface area (Å²) in [4.78, 5) is 4.97. The second kappa shape index (κ2) is 5.45. The standard InChI is InChI=1S/C12H25N3O/c1-14(7-8-15-5-2-3-6-15)12(10-13)4-9-16-11-12/h2-11,13H2,1H3. The molecule has 0 saturated carbocycles. The summed E-state index contributed by atoms with van der Waals surface area (Å²) in [6, 6.07) is 0. The van der Waals surface area contributed by atoms with Crippen LogP contribution in [0.5, 0.6) is 0 Å². The van der Waals surface area contributed by atoms with E-state index in [-0.39, 0.29) is 5.54 Å². The molecule has 2 heterocycles. The summed E-state index contributed by atoms with van der Waals surface area (Å²) in [5.74, 6) is 0. The summed E-state index contributed by atoms with van der Waals surface area (Å²) < 4.78 is 5.51. The largest absolute Gasteiger partial charge is 0.379 e. The van der Waals surface area contributed by atoms with Gasteiger partial charge in [0.05, 0.1) is 12.1 Å². The quantitative estimate of drug-likeness (QED) is 0.725. The number of hydrogen-bond donors (Lipinski definition) is 1. The van der Waals surface area contributed by atoms with E-state index >= 15 is 0 Å². The van der Waals surface area contributed by atoms with E-state index in [1.165, 1.54) is 32.5 Å². The number of nitrogens with two attached hydrogens (primary N) is 1. The van der Waals surface area contributed by atoms with Crippen LogP contribution >= 0.6 is 0 Å². The Bertz CT molecular complexity index is 210. The van der Waals surface area contributed by atoms with Gasteiger partial charge in [-0.1, -0.05) is 0 Å². The molecule has 2 aliphatic heterocycles. The number of likely N-dealkylation sites (tertiary alicyclic amines) is 1. The third-order valence-electron chi connectivity index (χ3n) is 4.22. The summed E-state index contributed by atoms with van der Waals surface area (Å²) in [6.07, 6.45) is 3.82. The van der Waals surface area contributed by atoms with Gasteiger partial charge in [0.1, 0.15) is 0 Å². The molecule has 2 aliphatic rings. The van der Waals surface area contributed by atoms with Crippen LogP contribution in [-0.4, -0.2) is 68.3 Å². The number of hydrogen-bond acceptors (Lipinski definition) is 4. The maximum absolute atomic E-state index is 5.92. The van der Waals surface area contributed by atoms with Crippen molar-refractivity contribution in [2.75, 3.05) is 53.0 Å². The van der Waals surface area contributed by atoms with E-state index in [1.807, 2.05) is 0 Å². The average molecular weight is 227 g/mol. The maximum Gasteiger partial charge on any atom is 0.0663 e. The topological polar surface area (TPSA) is 41.7 Å². The van der Waals surface area contributed by atoms with E-state index in [1.54, 1.807) is 0 Å². The highest BCUT2D eigenvalue weighted by atomic mass is 16.5. The van der Waals surface area contributed by atoms with Gasteiger partial charge in [-0.3, -0.25) is 4.90 Å². The summed E-state index contributed by atoms with van der Waals surface area (Å²) in [7, 11) is 2.19. The van der Waals surface area contributed by atoms with Gasteiger partial charge in [-0.15, -0.1) is 0 Å². The molecule has 0 aromatic heterocycles. The van der Waals surface area contributed by atoms with Gasteiger partial charge in [0.25, 0.3) is 0 Å². The van der Waals surface area contributed by atoms with E-state index in [9.17, 15) is 0 Å². The van der Waals surface area contributed by atoms with Gasteiger partial charge < -0.3 is 15.4 Å². The smallest absolute Gasteiger partial charge is 0.0663 e. The van der Waals surface area contributed by atoms with Gasteiger partial charge in [0, 0.05) is 26.2 Å². The highest BCUT2D eigenvalue weighted by Gasteiger charge is 2.37. The molecule has 2 saturated heterocycles. The lowest BCUT2D eigenvalue weighted by Crippen LogP contribution is -2.54. The Kier molecular flexibility index (Phi) is 4.19. The molecule has 0 radical (unpaired) electrons. The fraction of sp³-hybridized carbons (Fsp3) is 1.00. The minimum atomic E-state index is 0.111. The Morgan fingerprint density at radius 1 is 1.38 bits per heavy atom. The summed E-state index contributed by atoms with van der Waals surface area (Å²) in [5, 5.41) is 0. The highest BCUT2D eigenvalue weighted by Crippen LogP contribution is 2.23. The van der Waals surface area contributed by atoms with E-state index in [2.05, 4.69) is 16.8 Å². The summed E-state index contributed by atoms with van der Waals surface area (Å²) in [6.45, 7) is 7.23. The maximum atomic E-state index is 5.92. The van der Waals surface area contributed by atoms with Crippen LogP contribution in [0.3, 0.4) is 0 Å². The lowest BCUT2D eigenvalue weighted by molar-refractivity contribution is 0.0860. The van der Waals surface area contributed by atoms with Crippen LogP contribution in [0.15, 0.2) is 0 Å². The predicted molar refractivity (Wildman–Crippen MR) is 65.5 cm³/mol. The minimum absolute atomic E-state index is 0.111. The molecule has 0 bridgehead atoms. The molecule has 2 rings (SSSR count). The first-order chi connectivity index (χ1) is 7.77. The molecule has 4 nitrogen and oxygen atoms in total. The Hall–Kier alpha value is -0.160. The predicted octanol–water partition coefficient (Wildman–Crippen LogP) is 0.132. The first-order valence-electron chi connectivity index (χ1n) is 6.48. The first-order valence-corrected chi connectivity index (χ1v) is 6.48. The number of likely N-dealkylation sites (N-methyl/N-ethyl adjacent to an activating group) is 1. The van der Waals surface area contributed by atoms with Gasteiger partial charge in [-0.2, -0.15) is 0 Å². The van der Waals surface area contributed by atoms with Crippen LogP contribution in [0.2, 0.25) is 0 Å². The zero-order chi connectivity index (χ0) is 11.4. The van der Waals surface area contributed by atoms with Crippen molar-refractivity contribution in [1.29, 1.82) is 0 Å². The molecule has 2 N–H and O–H groups in total. The van der Waals surface area contributed by atoms with Gasteiger partial charge in [-0.25, -0.2) is 0 Å². The van der Waals surface area contributed by atoms with Crippen LogP contribution in [0.1, 0.15) is 19.3 Å². The average Bonchev–Trinajstić information content (AvgIpc) is 2.97. The van der Waals surface area contributed by atoms with Crippen LogP contribution in [-0.2, 0) is 4.74 Å². The Balaban J connectivity index is 1.78. The highest BCUT2D eigenvalue weighted by molar-refractivity contribution is 4.94. The molecule has 94 valence electrons. The second-order valence-corrected chi connectivity index (χ2v) is 5.20. The van der Waals surface area contributed by atoms with E-state index < -0.39 is 0 Å². The normalized spacial score (nSPS) is 31.7. The third kappa shape index (κ3) is 2.56. The zero-order valence-electron chi connectivity index (χ0n) is 10.5.